The van der Waals surface area contributed by atoms with E-state index in [-0.39, 0.29) is 0 Å². The maximum atomic E-state index is 11.8. The monoisotopic (exact) mass is 277 g/mol. The van der Waals surface area contributed by atoms with Crippen molar-refractivity contribution in [2.24, 2.45) is 0 Å². The average molecular weight is 278 g/mol. The number of carbonyl (C=O) groups excluding carboxylic acids is 1. The number of aromatic nitrogens is 2. The van der Waals surface area contributed by atoms with Crippen molar-refractivity contribution in [2.45, 2.75) is 6.92 Å². The number of hydrogen-bond donors (Lipinski definition) is 1. The molecule has 6 heteroatoms. The van der Waals surface area contributed by atoms with Crippen molar-refractivity contribution in [3.8, 4) is 0 Å². The number of anilines is 2. The molecule has 0 spiro atoms. The molecule has 0 saturated carbocycles. The SMILES string of the molecule is CCOC(=O)c1cnc(Cl)cc1Nc1ccncc1. The lowest BCUT2D eigenvalue weighted by atomic mass is 10.2. The van der Waals surface area contributed by atoms with E-state index >= 15 is 0 Å². The third-order valence-corrected chi connectivity index (χ3v) is 2.53. The Balaban J connectivity index is 2.32. The van der Waals surface area contributed by atoms with Crippen LogP contribution in [0.15, 0.2) is 36.8 Å². The van der Waals surface area contributed by atoms with E-state index in [0.29, 0.717) is 23.0 Å². The number of pyridine rings is 2. The highest BCUT2D eigenvalue weighted by Gasteiger charge is 2.14. The Bertz CT molecular complexity index is 575. The molecule has 98 valence electrons. The van der Waals surface area contributed by atoms with E-state index in [2.05, 4.69) is 15.3 Å². The van der Waals surface area contributed by atoms with E-state index in [9.17, 15) is 4.79 Å². The van der Waals surface area contributed by atoms with Crippen LogP contribution >= 0.6 is 11.6 Å². The van der Waals surface area contributed by atoms with Crippen molar-refractivity contribution in [3.05, 3.63) is 47.5 Å². The van der Waals surface area contributed by atoms with Gasteiger partial charge in [0, 0.05) is 24.3 Å². The van der Waals surface area contributed by atoms with Crippen molar-refractivity contribution in [3.63, 3.8) is 0 Å². The number of nitrogens with zero attached hydrogens (tertiary/aromatic N) is 2. The lowest BCUT2D eigenvalue weighted by Gasteiger charge is -2.11. The minimum absolute atomic E-state index is 0.296. The van der Waals surface area contributed by atoms with Gasteiger partial charge in [0.05, 0.1) is 12.3 Å². The van der Waals surface area contributed by atoms with Gasteiger partial charge in [-0.3, -0.25) is 4.98 Å². The number of halogens is 1. The largest absolute Gasteiger partial charge is 0.462 e. The van der Waals surface area contributed by atoms with Gasteiger partial charge < -0.3 is 10.1 Å². The third-order valence-electron chi connectivity index (χ3n) is 2.33. The van der Waals surface area contributed by atoms with Crippen molar-refractivity contribution < 1.29 is 9.53 Å². The molecule has 2 heterocycles. The Morgan fingerprint density at radius 1 is 1.42 bits per heavy atom. The van der Waals surface area contributed by atoms with Gasteiger partial charge in [0.15, 0.2) is 0 Å². The van der Waals surface area contributed by atoms with Crippen LogP contribution in [0.25, 0.3) is 0 Å². The number of hydrogen-bond acceptors (Lipinski definition) is 5. The van der Waals surface area contributed by atoms with Crippen LogP contribution in [-0.2, 0) is 4.74 Å². The summed E-state index contributed by atoms with van der Waals surface area (Å²) >= 11 is 5.85. The summed E-state index contributed by atoms with van der Waals surface area (Å²) in [5.74, 6) is -0.441. The Labute approximate surface area is 115 Å². The molecule has 0 aliphatic rings. The molecule has 0 aromatic carbocycles. The Morgan fingerprint density at radius 3 is 2.84 bits per heavy atom. The van der Waals surface area contributed by atoms with E-state index in [1.165, 1.54) is 6.20 Å². The van der Waals surface area contributed by atoms with Gasteiger partial charge in [0.2, 0.25) is 0 Å². The summed E-state index contributed by atoms with van der Waals surface area (Å²) in [7, 11) is 0. The smallest absolute Gasteiger partial charge is 0.341 e. The van der Waals surface area contributed by atoms with Crippen LogP contribution < -0.4 is 5.32 Å². The summed E-state index contributed by atoms with van der Waals surface area (Å²) in [4.78, 5) is 19.6. The molecule has 0 unspecified atom stereocenters. The second-order valence-corrected chi connectivity index (χ2v) is 4.02. The topological polar surface area (TPSA) is 64.1 Å². The quantitative estimate of drug-likeness (QED) is 0.687. The van der Waals surface area contributed by atoms with Gasteiger partial charge in [-0.15, -0.1) is 0 Å². The lowest BCUT2D eigenvalue weighted by Crippen LogP contribution is -2.08. The average Bonchev–Trinajstić information content (AvgIpc) is 2.40. The minimum Gasteiger partial charge on any atom is -0.462 e. The molecule has 2 aromatic rings. The molecule has 0 fully saturated rings. The van der Waals surface area contributed by atoms with E-state index in [1.54, 1.807) is 37.5 Å². The predicted octanol–water partition coefficient (Wildman–Crippen LogP) is 3.05. The summed E-state index contributed by atoms with van der Waals surface area (Å²) in [6.45, 7) is 2.05. The summed E-state index contributed by atoms with van der Waals surface area (Å²) in [5.41, 5.74) is 1.68. The molecule has 0 bridgehead atoms. The van der Waals surface area contributed by atoms with Gasteiger partial charge in [-0.05, 0) is 25.1 Å². The minimum atomic E-state index is -0.441. The van der Waals surface area contributed by atoms with E-state index in [1.807, 2.05) is 0 Å². The second-order valence-electron chi connectivity index (χ2n) is 3.63. The number of carbonyl (C=O) groups is 1. The number of ether oxygens (including phenoxy) is 1. The van der Waals surface area contributed by atoms with Crippen LogP contribution in [0, 0.1) is 0 Å². The summed E-state index contributed by atoms with van der Waals surface area (Å²) in [6, 6.07) is 5.14. The highest BCUT2D eigenvalue weighted by atomic mass is 35.5. The van der Waals surface area contributed by atoms with E-state index in [0.717, 1.165) is 5.69 Å². The first-order valence-corrected chi connectivity index (χ1v) is 6.08. The first-order valence-electron chi connectivity index (χ1n) is 5.70. The zero-order valence-electron chi connectivity index (χ0n) is 10.3. The molecule has 1 N–H and O–H groups in total. The fourth-order valence-corrected chi connectivity index (χ4v) is 1.65. The standard InChI is InChI=1S/C13H12ClN3O2/c1-2-19-13(18)10-8-16-12(14)7-11(10)17-9-3-5-15-6-4-9/h3-8H,2H2,1H3,(H,15,16,17). The van der Waals surface area contributed by atoms with Gasteiger partial charge in [-0.25, -0.2) is 9.78 Å². The molecule has 5 nitrogen and oxygen atoms in total. The van der Waals surface area contributed by atoms with Crippen molar-refractivity contribution in [1.29, 1.82) is 0 Å². The van der Waals surface area contributed by atoms with Gasteiger partial charge in [-0.2, -0.15) is 0 Å². The highest BCUT2D eigenvalue weighted by molar-refractivity contribution is 6.29. The van der Waals surface area contributed by atoms with Crippen LogP contribution in [0.4, 0.5) is 11.4 Å². The van der Waals surface area contributed by atoms with Crippen molar-refractivity contribution in [2.75, 3.05) is 11.9 Å². The first kappa shape index (κ1) is 13.3. The maximum Gasteiger partial charge on any atom is 0.341 e. The van der Waals surface area contributed by atoms with Crippen LogP contribution in [0.3, 0.4) is 0 Å². The summed E-state index contributed by atoms with van der Waals surface area (Å²) < 4.78 is 4.97. The molecule has 0 radical (unpaired) electrons. The molecule has 0 amide bonds. The van der Waals surface area contributed by atoms with E-state index in [4.69, 9.17) is 16.3 Å². The highest BCUT2D eigenvalue weighted by Crippen LogP contribution is 2.23. The predicted molar refractivity (Wildman–Crippen MR) is 72.7 cm³/mol. The molecule has 2 aromatic heterocycles. The van der Waals surface area contributed by atoms with Crippen LogP contribution in [0.2, 0.25) is 5.15 Å². The van der Waals surface area contributed by atoms with E-state index < -0.39 is 5.97 Å². The van der Waals surface area contributed by atoms with Gasteiger partial charge in [0.25, 0.3) is 0 Å². The van der Waals surface area contributed by atoms with Crippen LogP contribution in [-0.4, -0.2) is 22.5 Å². The van der Waals surface area contributed by atoms with Gasteiger partial charge in [0.1, 0.15) is 10.7 Å². The maximum absolute atomic E-state index is 11.8. The zero-order chi connectivity index (χ0) is 13.7. The molecule has 0 saturated heterocycles. The van der Waals surface area contributed by atoms with Gasteiger partial charge in [-0.1, -0.05) is 11.6 Å². The molecular formula is C13H12ClN3O2. The number of esters is 1. The van der Waals surface area contributed by atoms with Crippen LogP contribution in [0.1, 0.15) is 17.3 Å². The number of nitrogens with one attached hydrogen (secondary N) is 1. The lowest BCUT2D eigenvalue weighted by molar-refractivity contribution is 0.0527. The molecule has 0 atom stereocenters. The summed E-state index contributed by atoms with van der Waals surface area (Å²) in [5, 5.41) is 3.38. The second kappa shape index (κ2) is 6.15. The first-order chi connectivity index (χ1) is 9.20. The van der Waals surface area contributed by atoms with Gasteiger partial charge >= 0.3 is 5.97 Å². The normalized spacial score (nSPS) is 10.0. The Hall–Kier alpha value is -2.14. The Morgan fingerprint density at radius 2 is 2.16 bits per heavy atom. The fraction of sp³-hybridized carbons (Fsp3) is 0.154. The molecule has 0 aliphatic carbocycles. The molecule has 19 heavy (non-hydrogen) atoms. The van der Waals surface area contributed by atoms with Crippen molar-refractivity contribution in [1.82, 2.24) is 9.97 Å². The third kappa shape index (κ3) is 3.42. The zero-order valence-corrected chi connectivity index (χ0v) is 11.0. The summed E-state index contributed by atoms with van der Waals surface area (Å²) in [6.07, 6.45) is 4.69. The number of rotatable bonds is 4. The molecule has 0 aliphatic heterocycles. The van der Waals surface area contributed by atoms with Crippen molar-refractivity contribution >= 4 is 28.9 Å². The molecule has 2 rings (SSSR count). The molecular weight excluding hydrogens is 266 g/mol. The Kier molecular flexibility index (Phi) is 4.30. The fourth-order valence-electron chi connectivity index (χ4n) is 1.50. The van der Waals surface area contributed by atoms with Crippen LogP contribution in [0.5, 0.6) is 0 Å².